The number of fused-ring (bicyclic) bond motifs is 4. The predicted molar refractivity (Wildman–Crippen MR) is 125 cm³/mol. The molecule has 0 aliphatic carbocycles. The zero-order valence-corrected chi connectivity index (χ0v) is 19.1. The summed E-state index contributed by atoms with van der Waals surface area (Å²) in [6, 6.07) is 10.9. The number of thioether (sulfide) groups is 1. The van der Waals surface area contributed by atoms with E-state index in [4.69, 9.17) is 0 Å². The number of pyridine rings is 1. The van der Waals surface area contributed by atoms with E-state index < -0.39 is 11.4 Å². The van der Waals surface area contributed by atoms with Crippen LogP contribution in [0, 0.1) is 11.7 Å². The lowest BCUT2D eigenvalue weighted by Gasteiger charge is -2.42. The van der Waals surface area contributed by atoms with E-state index in [1.807, 2.05) is 15.5 Å². The number of halogens is 1. The summed E-state index contributed by atoms with van der Waals surface area (Å²) in [5, 5.41) is 10.4. The first-order valence-corrected chi connectivity index (χ1v) is 12.0. The van der Waals surface area contributed by atoms with Gasteiger partial charge < -0.3 is 19.6 Å². The van der Waals surface area contributed by atoms with Crippen LogP contribution >= 0.6 is 11.8 Å². The molecule has 2 aliphatic rings. The number of hydrogen-bond donors (Lipinski definition) is 2. The molecule has 1 fully saturated rings. The van der Waals surface area contributed by atoms with Crippen LogP contribution in [0.2, 0.25) is 0 Å². The van der Waals surface area contributed by atoms with Crippen molar-refractivity contribution < 1.29 is 14.3 Å². The van der Waals surface area contributed by atoms with Crippen molar-refractivity contribution >= 4 is 17.7 Å². The van der Waals surface area contributed by atoms with E-state index in [0.717, 1.165) is 23.9 Å². The molecule has 0 saturated carbocycles. The second kappa shape index (κ2) is 9.09. The minimum absolute atomic E-state index is 0.000225. The molecule has 0 spiro atoms. The van der Waals surface area contributed by atoms with Gasteiger partial charge in [-0.1, -0.05) is 30.0 Å². The smallest absolute Gasteiger partial charge is 0.258 e. The van der Waals surface area contributed by atoms with Crippen molar-refractivity contribution in [2.75, 3.05) is 18.8 Å². The number of nitrogens with zero attached hydrogens (tertiary/aromatic N) is 3. The minimum Gasteiger partial charge on any atom is -0.493 e. The Labute approximate surface area is 198 Å². The van der Waals surface area contributed by atoms with Crippen molar-refractivity contribution in [3.05, 3.63) is 85.8 Å². The van der Waals surface area contributed by atoms with Crippen LogP contribution in [0.1, 0.15) is 29.2 Å². The Hall–Kier alpha value is -3.40. The van der Waals surface area contributed by atoms with Crippen LogP contribution in [0.5, 0.6) is 5.88 Å². The van der Waals surface area contributed by atoms with E-state index in [-0.39, 0.29) is 52.0 Å². The Morgan fingerprint density at radius 3 is 2.71 bits per heavy atom. The summed E-state index contributed by atoms with van der Waals surface area (Å²) < 4.78 is 14.9. The molecule has 2 bridgehead atoms. The predicted octanol–water partition coefficient (Wildman–Crippen LogP) is 2.11. The maximum atomic E-state index is 13.1. The third-order valence-corrected chi connectivity index (χ3v) is 7.29. The van der Waals surface area contributed by atoms with Gasteiger partial charge in [0.15, 0.2) is 5.16 Å². The Bertz CT molecular complexity index is 1350. The van der Waals surface area contributed by atoms with Gasteiger partial charge in [-0.25, -0.2) is 4.39 Å². The molecule has 2 aliphatic heterocycles. The van der Waals surface area contributed by atoms with Gasteiger partial charge in [-0.05, 0) is 36.1 Å². The van der Waals surface area contributed by atoms with Gasteiger partial charge in [-0.3, -0.25) is 14.4 Å². The molecule has 3 aromatic rings. The number of nitrogens with one attached hydrogen (secondary N) is 1. The number of H-pyrrole nitrogens is 1. The van der Waals surface area contributed by atoms with Crippen molar-refractivity contribution in [2.45, 2.75) is 30.5 Å². The number of hydrogen-bond acceptors (Lipinski definition) is 6. The van der Waals surface area contributed by atoms with Crippen molar-refractivity contribution in [3.8, 4) is 5.88 Å². The average Bonchev–Trinajstić information content (AvgIpc) is 2.81. The SMILES string of the molecule is O=C(CSc1nc(O)c(Cc2ccc(F)cc2)c(=O)[nH]1)N1CC2CC(C1)c1cccc(=O)n1C2. The Morgan fingerprint density at radius 1 is 1.15 bits per heavy atom. The molecule has 2 N–H and O–H groups in total. The zero-order chi connectivity index (χ0) is 23.8. The van der Waals surface area contributed by atoms with Gasteiger partial charge in [0, 0.05) is 43.7 Å². The number of carbonyl (C=O) groups is 1. The summed E-state index contributed by atoms with van der Waals surface area (Å²) in [6.45, 7) is 1.74. The molecule has 2 aromatic heterocycles. The van der Waals surface area contributed by atoms with E-state index >= 15 is 0 Å². The fraction of sp³-hybridized carbons (Fsp3) is 0.333. The summed E-state index contributed by atoms with van der Waals surface area (Å²) in [6.07, 6.45) is 1.07. The highest BCUT2D eigenvalue weighted by molar-refractivity contribution is 7.99. The monoisotopic (exact) mass is 482 g/mol. The van der Waals surface area contributed by atoms with Crippen LogP contribution in [-0.2, 0) is 17.8 Å². The molecule has 2 atom stereocenters. The first kappa shape index (κ1) is 22.4. The summed E-state index contributed by atoms with van der Waals surface area (Å²) >= 11 is 1.06. The first-order chi connectivity index (χ1) is 16.4. The summed E-state index contributed by atoms with van der Waals surface area (Å²) in [5.41, 5.74) is 1.22. The molecule has 2 unspecified atom stereocenters. The van der Waals surface area contributed by atoms with Crippen LogP contribution < -0.4 is 11.1 Å². The van der Waals surface area contributed by atoms with Gasteiger partial charge >= 0.3 is 0 Å². The standard InChI is InChI=1S/C24H23FN4O4S/c25-17-6-4-14(5-7-17)9-18-22(32)26-24(27-23(18)33)34-13-21(31)28-10-15-8-16(12-28)19-2-1-3-20(30)29(19)11-15/h1-7,15-16H,8-13H2,(H2,26,27,32,33). The van der Waals surface area contributed by atoms with Gasteiger partial charge in [0.1, 0.15) is 5.82 Å². The largest absolute Gasteiger partial charge is 0.493 e. The number of aromatic amines is 1. The molecule has 10 heteroatoms. The molecule has 5 rings (SSSR count). The van der Waals surface area contributed by atoms with E-state index in [2.05, 4.69) is 9.97 Å². The highest BCUT2D eigenvalue weighted by Crippen LogP contribution is 2.35. The van der Waals surface area contributed by atoms with E-state index in [1.54, 1.807) is 12.1 Å². The summed E-state index contributed by atoms with van der Waals surface area (Å²) in [4.78, 5) is 46.0. The van der Waals surface area contributed by atoms with Gasteiger partial charge in [-0.15, -0.1) is 0 Å². The normalized spacial score (nSPS) is 19.0. The number of rotatable bonds is 5. The Balaban J connectivity index is 1.24. The molecule has 8 nitrogen and oxygen atoms in total. The van der Waals surface area contributed by atoms with Gasteiger partial charge in [0.2, 0.25) is 11.8 Å². The van der Waals surface area contributed by atoms with Crippen molar-refractivity contribution in [3.63, 3.8) is 0 Å². The van der Waals surface area contributed by atoms with Gasteiger partial charge in [-0.2, -0.15) is 4.98 Å². The van der Waals surface area contributed by atoms with Crippen LogP contribution in [0.25, 0.3) is 0 Å². The number of benzene rings is 1. The van der Waals surface area contributed by atoms with Crippen molar-refractivity contribution in [1.29, 1.82) is 0 Å². The average molecular weight is 483 g/mol. The minimum atomic E-state index is -0.499. The lowest BCUT2D eigenvalue weighted by molar-refractivity contribution is -0.131. The molecule has 1 aromatic carbocycles. The Morgan fingerprint density at radius 2 is 1.94 bits per heavy atom. The molecule has 4 heterocycles. The second-order valence-electron chi connectivity index (χ2n) is 8.76. The van der Waals surface area contributed by atoms with E-state index in [1.165, 1.54) is 24.3 Å². The molecule has 34 heavy (non-hydrogen) atoms. The quantitative estimate of drug-likeness (QED) is 0.426. The maximum Gasteiger partial charge on any atom is 0.258 e. The number of likely N-dealkylation sites (tertiary alicyclic amines) is 1. The van der Waals surface area contributed by atoms with Crippen molar-refractivity contribution in [1.82, 2.24) is 19.4 Å². The lowest BCUT2D eigenvalue weighted by Crippen LogP contribution is -2.49. The first-order valence-electron chi connectivity index (χ1n) is 11.0. The molecular weight excluding hydrogens is 459 g/mol. The van der Waals surface area contributed by atoms with Gasteiger partial charge in [0.25, 0.3) is 11.1 Å². The van der Waals surface area contributed by atoms with Gasteiger partial charge in [0.05, 0.1) is 11.3 Å². The van der Waals surface area contributed by atoms with E-state index in [0.29, 0.717) is 25.2 Å². The number of aromatic hydroxyl groups is 1. The lowest BCUT2D eigenvalue weighted by atomic mass is 9.83. The number of aromatic nitrogens is 3. The summed E-state index contributed by atoms with van der Waals surface area (Å²) in [7, 11) is 0. The maximum absolute atomic E-state index is 13.1. The highest BCUT2D eigenvalue weighted by atomic mass is 32.2. The third kappa shape index (κ3) is 4.50. The summed E-state index contributed by atoms with van der Waals surface area (Å²) in [5.74, 6) is -0.440. The van der Waals surface area contributed by atoms with Crippen molar-refractivity contribution in [2.24, 2.45) is 5.92 Å². The second-order valence-corrected chi connectivity index (χ2v) is 9.73. The fourth-order valence-electron chi connectivity index (χ4n) is 4.82. The van der Waals surface area contributed by atoms with Crippen LogP contribution in [0.15, 0.2) is 57.2 Å². The fourth-order valence-corrected chi connectivity index (χ4v) is 5.58. The molecule has 1 amide bonds. The zero-order valence-electron chi connectivity index (χ0n) is 18.2. The van der Waals surface area contributed by atoms with Crippen LogP contribution in [-0.4, -0.2) is 49.3 Å². The highest BCUT2D eigenvalue weighted by Gasteiger charge is 2.36. The van der Waals surface area contributed by atoms with Crippen LogP contribution in [0.3, 0.4) is 0 Å². The van der Waals surface area contributed by atoms with E-state index in [9.17, 15) is 23.9 Å². The topological polar surface area (TPSA) is 108 Å². The molecule has 1 saturated heterocycles. The number of amides is 1. The van der Waals surface area contributed by atoms with Crippen LogP contribution in [0.4, 0.5) is 4.39 Å². The third-order valence-electron chi connectivity index (χ3n) is 6.43. The molecule has 0 radical (unpaired) electrons. The number of piperidine rings is 1. The Kier molecular flexibility index (Phi) is 5.99. The molecule has 176 valence electrons. The number of carbonyl (C=O) groups excluding carboxylic acids is 1. The molecular formula is C24H23FN4O4S.